The quantitative estimate of drug-likeness (QED) is 0.709. The van der Waals surface area contributed by atoms with Crippen molar-refractivity contribution in [3.05, 3.63) is 94.0 Å². The van der Waals surface area contributed by atoms with Crippen LogP contribution in [-0.2, 0) is 6.42 Å². The number of halogens is 2. The van der Waals surface area contributed by atoms with Gasteiger partial charge in [0.2, 0.25) is 0 Å². The Morgan fingerprint density at radius 2 is 1.71 bits per heavy atom. The molecule has 0 amide bonds. The van der Waals surface area contributed by atoms with Gasteiger partial charge in [0.25, 0.3) is 0 Å². The van der Waals surface area contributed by atoms with Crippen molar-refractivity contribution in [1.82, 2.24) is 9.97 Å². The van der Waals surface area contributed by atoms with Crippen LogP contribution in [0.3, 0.4) is 0 Å². The molecule has 3 aromatic rings. The van der Waals surface area contributed by atoms with Crippen LogP contribution in [0.2, 0.25) is 10.0 Å². The molecule has 2 heterocycles. The molecule has 0 aliphatic rings. The first kappa shape index (κ1) is 16.9. The summed E-state index contributed by atoms with van der Waals surface area (Å²) in [5.41, 5.74) is 2.62. The highest BCUT2D eigenvalue weighted by atomic mass is 35.5. The number of aliphatic hydroxyl groups is 1. The summed E-state index contributed by atoms with van der Waals surface area (Å²) < 4.78 is 0. The van der Waals surface area contributed by atoms with Gasteiger partial charge in [-0.3, -0.25) is 9.97 Å². The molecule has 5 heteroatoms. The fraction of sp³-hybridized carbons (Fsp3) is 0.158. The first-order valence-corrected chi connectivity index (χ1v) is 8.32. The van der Waals surface area contributed by atoms with E-state index in [0.717, 1.165) is 16.7 Å². The van der Waals surface area contributed by atoms with E-state index >= 15 is 0 Å². The normalized spacial score (nSPS) is 13.5. The first-order valence-electron chi connectivity index (χ1n) is 7.57. The Morgan fingerprint density at radius 1 is 0.958 bits per heavy atom. The monoisotopic (exact) mass is 358 g/mol. The molecule has 2 unspecified atom stereocenters. The number of pyridine rings is 2. The molecule has 1 N–H and O–H groups in total. The number of aliphatic hydroxyl groups excluding tert-OH is 1. The van der Waals surface area contributed by atoms with Gasteiger partial charge in [0.1, 0.15) is 0 Å². The number of rotatable bonds is 5. The van der Waals surface area contributed by atoms with E-state index in [1.165, 1.54) is 0 Å². The van der Waals surface area contributed by atoms with E-state index in [9.17, 15) is 5.11 Å². The zero-order valence-corrected chi connectivity index (χ0v) is 14.3. The van der Waals surface area contributed by atoms with Gasteiger partial charge in [-0.25, -0.2) is 0 Å². The molecule has 122 valence electrons. The zero-order valence-electron chi connectivity index (χ0n) is 12.8. The van der Waals surface area contributed by atoms with Crippen molar-refractivity contribution in [1.29, 1.82) is 0 Å². The molecule has 0 fully saturated rings. The van der Waals surface area contributed by atoms with Crippen LogP contribution in [0.15, 0.2) is 67.3 Å². The van der Waals surface area contributed by atoms with E-state index < -0.39 is 6.10 Å². The fourth-order valence-electron chi connectivity index (χ4n) is 2.75. The maximum atomic E-state index is 10.9. The van der Waals surface area contributed by atoms with E-state index in [2.05, 4.69) is 9.97 Å². The minimum absolute atomic E-state index is 0.233. The third-order valence-corrected chi connectivity index (χ3v) is 4.51. The Kier molecular flexibility index (Phi) is 5.46. The number of hydrogen-bond acceptors (Lipinski definition) is 3. The lowest BCUT2D eigenvalue weighted by molar-refractivity contribution is 0.144. The molecule has 0 aliphatic carbocycles. The van der Waals surface area contributed by atoms with Gasteiger partial charge >= 0.3 is 0 Å². The molecule has 0 saturated heterocycles. The number of nitrogens with zero attached hydrogens (tertiary/aromatic N) is 2. The molecule has 0 spiro atoms. The van der Waals surface area contributed by atoms with E-state index in [0.29, 0.717) is 16.5 Å². The maximum absolute atomic E-state index is 10.9. The van der Waals surface area contributed by atoms with Crippen molar-refractivity contribution in [2.75, 3.05) is 0 Å². The summed E-state index contributed by atoms with van der Waals surface area (Å²) >= 11 is 12.4. The summed E-state index contributed by atoms with van der Waals surface area (Å²) in [6, 6.07) is 12.9. The summed E-state index contributed by atoms with van der Waals surface area (Å²) in [4.78, 5) is 8.25. The molecule has 0 saturated carbocycles. The second-order valence-corrected chi connectivity index (χ2v) is 6.41. The van der Waals surface area contributed by atoms with Crippen LogP contribution in [-0.4, -0.2) is 15.1 Å². The van der Waals surface area contributed by atoms with Crippen LogP contribution in [0.5, 0.6) is 0 Å². The van der Waals surface area contributed by atoms with Crippen LogP contribution in [0.1, 0.15) is 28.7 Å². The highest BCUT2D eigenvalue weighted by Crippen LogP contribution is 2.38. The molecule has 2 atom stereocenters. The Balaban J connectivity index is 2.00. The van der Waals surface area contributed by atoms with Gasteiger partial charge in [0.05, 0.1) is 6.10 Å². The van der Waals surface area contributed by atoms with Gasteiger partial charge in [-0.2, -0.15) is 0 Å². The smallest absolute Gasteiger partial charge is 0.0877 e. The Hall–Kier alpha value is -1.94. The molecule has 24 heavy (non-hydrogen) atoms. The van der Waals surface area contributed by atoms with Crippen LogP contribution in [0.25, 0.3) is 0 Å². The average molecular weight is 359 g/mol. The first-order chi connectivity index (χ1) is 11.6. The molecular formula is C19H16Cl2N2O. The Bertz CT molecular complexity index is 797. The zero-order chi connectivity index (χ0) is 16.9. The lowest BCUT2D eigenvalue weighted by atomic mass is 9.85. The predicted octanol–water partition coefficient (Wildman–Crippen LogP) is 4.84. The van der Waals surface area contributed by atoms with E-state index in [1.54, 1.807) is 36.9 Å². The lowest BCUT2D eigenvalue weighted by Crippen LogP contribution is -2.14. The summed E-state index contributed by atoms with van der Waals surface area (Å²) in [5, 5.41) is 12.0. The van der Waals surface area contributed by atoms with Crippen molar-refractivity contribution in [2.45, 2.75) is 18.4 Å². The number of benzene rings is 1. The minimum atomic E-state index is -0.738. The third kappa shape index (κ3) is 3.93. The number of aromatic nitrogens is 2. The molecule has 3 rings (SSSR count). The van der Waals surface area contributed by atoms with Crippen molar-refractivity contribution in [3.8, 4) is 0 Å². The van der Waals surface area contributed by atoms with Crippen molar-refractivity contribution >= 4 is 23.2 Å². The Morgan fingerprint density at radius 3 is 2.33 bits per heavy atom. The topological polar surface area (TPSA) is 46.0 Å². The average Bonchev–Trinajstić information content (AvgIpc) is 2.61. The van der Waals surface area contributed by atoms with Crippen molar-refractivity contribution in [2.24, 2.45) is 0 Å². The molecule has 1 aromatic carbocycles. The lowest BCUT2D eigenvalue weighted by Gasteiger charge is -2.24. The van der Waals surface area contributed by atoms with Gasteiger partial charge in [0.15, 0.2) is 0 Å². The van der Waals surface area contributed by atoms with Crippen LogP contribution >= 0.6 is 23.2 Å². The minimum Gasteiger partial charge on any atom is -0.388 e. The molecular weight excluding hydrogens is 343 g/mol. The van der Waals surface area contributed by atoms with Crippen LogP contribution in [0.4, 0.5) is 0 Å². The van der Waals surface area contributed by atoms with E-state index in [-0.39, 0.29) is 5.92 Å². The summed E-state index contributed by atoms with van der Waals surface area (Å²) in [6.45, 7) is 0. The third-order valence-electron chi connectivity index (χ3n) is 3.95. The molecule has 0 bridgehead atoms. The fourth-order valence-corrected chi connectivity index (χ4v) is 3.30. The predicted molar refractivity (Wildman–Crippen MR) is 96.3 cm³/mol. The largest absolute Gasteiger partial charge is 0.388 e. The second-order valence-electron chi connectivity index (χ2n) is 5.57. The highest BCUT2D eigenvalue weighted by molar-refractivity contribution is 6.35. The van der Waals surface area contributed by atoms with Gasteiger partial charge < -0.3 is 5.11 Å². The maximum Gasteiger partial charge on any atom is 0.0877 e. The Labute approximate surface area is 150 Å². The van der Waals surface area contributed by atoms with Crippen LogP contribution < -0.4 is 0 Å². The van der Waals surface area contributed by atoms with Gasteiger partial charge in [-0.05, 0) is 47.4 Å². The van der Waals surface area contributed by atoms with Gasteiger partial charge in [-0.1, -0.05) is 41.4 Å². The van der Waals surface area contributed by atoms with Gasteiger partial charge in [0, 0.05) is 40.8 Å². The molecule has 2 aromatic heterocycles. The van der Waals surface area contributed by atoms with Crippen molar-refractivity contribution < 1.29 is 5.11 Å². The SMILES string of the molecule is OC(c1cccnc1)C(Cc1cccnc1)c1ccc(Cl)cc1Cl. The summed E-state index contributed by atoms with van der Waals surface area (Å²) in [6.07, 6.45) is 6.74. The molecule has 0 radical (unpaired) electrons. The summed E-state index contributed by atoms with van der Waals surface area (Å²) in [7, 11) is 0. The van der Waals surface area contributed by atoms with E-state index in [1.807, 2.05) is 30.3 Å². The highest BCUT2D eigenvalue weighted by Gasteiger charge is 2.25. The number of hydrogen-bond donors (Lipinski definition) is 1. The molecule has 3 nitrogen and oxygen atoms in total. The summed E-state index contributed by atoms with van der Waals surface area (Å²) in [5.74, 6) is -0.233. The second kappa shape index (κ2) is 7.75. The van der Waals surface area contributed by atoms with Crippen LogP contribution in [0, 0.1) is 0 Å². The van der Waals surface area contributed by atoms with Gasteiger partial charge in [-0.15, -0.1) is 0 Å². The standard InChI is InChI=1S/C19H16Cl2N2O/c20-15-5-6-16(18(21)10-15)17(9-13-3-1-7-22-11-13)19(24)14-4-2-8-23-12-14/h1-8,10-12,17,19,24H,9H2. The molecule has 0 aliphatic heterocycles. The van der Waals surface area contributed by atoms with E-state index in [4.69, 9.17) is 23.2 Å². The van der Waals surface area contributed by atoms with Crippen molar-refractivity contribution in [3.63, 3.8) is 0 Å².